The molecule has 1 amide bonds. The van der Waals surface area contributed by atoms with Crippen LogP contribution >= 0.6 is 0 Å². The molecular formula is C12H18N4O4. The maximum atomic E-state index is 12.2. The van der Waals surface area contributed by atoms with Crippen molar-refractivity contribution in [2.75, 3.05) is 19.0 Å². The number of hydrogen-bond donors (Lipinski definition) is 3. The third-order valence-corrected chi connectivity index (χ3v) is 2.83. The summed E-state index contributed by atoms with van der Waals surface area (Å²) in [5.74, 6) is 4.91. The first-order chi connectivity index (χ1) is 9.36. The lowest BCUT2D eigenvalue weighted by Gasteiger charge is -2.19. The summed E-state index contributed by atoms with van der Waals surface area (Å²) >= 11 is 0. The molecule has 0 aliphatic carbocycles. The molecule has 0 heterocycles. The fraction of sp³-hybridized carbons (Fsp3) is 0.417. The highest BCUT2D eigenvalue weighted by atomic mass is 16.6. The maximum Gasteiger partial charge on any atom is 0.270 e. The number of non-ortho nitro benzene ring substituents is 1. The Morgan fingerprint density at radius 3 is 2.75 bits per heavy atom. The van der Waals surface area contributed by atoms with Gasteiger partial charge in [-0.05, 0) is 19.4 Å². The van der Waals surface area contributed by atoms with E-state index in [1.54, 1.807) is 14.0 Å². The highest BCUT2D eigenvalue weighted by Gasteiger charge is 2.19. The number of carbonyl (C=O) groups is 1. The Morgan fingerprint density at radius 2 is 2.25 bits per heavy atom. The molecule has 1 aromatic rings. The summed E-state index contributed by atoms with van der Waals surface area (Å²) in [6.45, 7) is 1.96. The second-order valence-electron chi connectivity index (χ2n) is 4.50. The lowest BCUT2D eigenvalue weighted by atomic mass is 10.1. The molecule has 8 heteroatoms. The van der Waals surface area contributed by atoms with Crippen molar-refractivity contribution in [3.05, 3.63) is 33.9 Å². The number of anilines is 1. The predicted molar refractivity (Wildman–Crippen MR) is 74.2 cm³/mol. The number of nitro benzene ring substituents is 1. The molecule has 20 heavy (non-hydrogen) atoms. The monoisotopic (exact) mass is 282 g/mol. The summed E-state index contributed by atoms with van der Waals surface area (Å²) in [5, 5.41) is 20.0. The van der Waals surface area contributed by atoms with E-state index in [0.29, 0.717) is 18.7 Å². The third-order valence-electron chi connectivity index (χ3n) is 2.83. The van der Waals surface area contributed by atoms with Crippen molar-refractivity contribution in [1.29, 1.82) is 0 Å². The lowest BCUT2D eigenvalue weighted by Crippen LogP contribution is -2.30. The molecule has 110 valence electrons. The zero-order valence-electron chi connectivity index (χ0n) is 11.4. The normalized spacial score (nSPS) is 11.8. The molecule has 1 atom stereocenters. The van der Waals surface area contributed by atoms with Gasteiger partial charge < -0.3 is 15.4 Å². The van der Waals surface area contributed by atoms with Crippen molar-refractivity contribution < 1.29 is 14.8 Å². The molecule has 0 aliphatic rings. The number of rotatable bonds is 6. The fourth-order valence-corrected chi connectivity index (χ4v) is 1.64. The molecule has 8 nitrogen and oxygen atoms in total. The summed E-state index contributed by atoms with van der Waals surface area (Å²) < 4.78 is 0. The van der Waals surface area contributed by atoms with E-state index < -0.39 is 16.9 Å². The molecule has 1 unspecified atom stereocenters. The van der Waals surface area contributed by atoms with Crippen LogP contribution in [0.3, 0.4) is 0 Å². The van der Waals surface area contributed by atoms with Crippen LogP contribution in [0.5, 0.6) is 0 Å². The van der Waals surface area contributed by atoms with Crippen LogP contribution in [0.25, 0.3) is 0 Å². The van der Waals surface area contributed by atoms with Gasteiger partial charge in [0.15, 0.2) is 0 Å². The van der Waals surface area contributed by atoms with E-state index in [9.17, 15) is 20.0 Å². The van der Waals surface area contributed by atoms with Crippen LogP contribution in [0.4, 0.5) is 11.4 Å². The lowest BCUT2D eigenvalue weighted by molar-refractivity contribution is -0.384. The van der Waals surface area contributed by atoms with Crippen LogP contribution in [0, 0.1) is 10.1 Å². The number of hydrogen-bond acceptors (Lipinski definition) is 6. The summed E-state index contributed by atoms with van der Waals surface area (Å²) in [6, 6.07) is 3.83. The zero-order chi connectivity index (χ0) is 15.3. The first-order valence-electron chi connectivity index (χ1n) is 6.05. The number of carbonyl (C=O) groups excluding carboxylic acids is 1. The molecule has 0 saturated heterocycles. The van der Waals surface area contributed by atoms with E-state index in [-0.39, 0.29) is 11.3 Å². The Kier molecular flexibility index (Phi) is 5.42. The zero-order valence-corrected chi connectivity index (χ0v) is 11.4. The molecule has 0 aromatic heterocycles. The van der Waals surface area contributed by atoms with Crippen LogP contribution in [-0.4, -0.2) is 40.5 Å². The van der Waals surface area contributed by atoms with Gasteiger partial charge in [0, 0.05) is 25.7 Å². The number of aliphatic hydroxyl groups is 1. The summed E-state index contributed by atoms with van der Waals surface area (Å²) in [6.07, 6.45) is -0.106. The summed E-state index contributed by atoms with van der Waals surface area (Å²) in [4.78, 5) is 23.8. The van der Waals surface area contributed by atoms with Gasteiger partial charge in [-0.15, -0.1) is 0 Å². The molecular weight excluding hydrogens is 264 g/mol. The van der Waals surface area contributed by atoms with Gasteiger partial charge >= 0.3 is 0 Å². The van der Waals surface area contributed by atoms with Gasteiger partial charge in [-0.1, -0.05) is 0 Å². The van der Waals surface area contributed by atoms with Gasteiger partial charge in [0.05, 0.1) is 22.3 Å². The molecule has 1 rings (SSSR count). The van der Waals surface area contributed by atoms with E-state index >= 15 is 0 Å². The Labute approximate surface area is 116 Å². The van der Waals surface area contributed by atoms with Crippen LogP contribution < -0.4 is 11.3 Å². The minimum Gasteiger partial charge on any atom is -0.393 e. The van der Waals surface area contributed by atoms with Crippen LogP contribution in [0.2, 0.25) is 0 Å². The molecule has 1 aromatic carbocycles. The number of aliphatic hydroxyl groups excluding tert-OH is 1. The Hall–Kier alpha value is -2.19. The first-order valence-corrected chi connectivity index (χ1v) is 6.05. The quantitative estimate of drug-likeness (QED) is 0.401. The molecule has 0 fully saturated rings. The number of nitro groups is 1. The minimum atomic E-state index is -0.577. The van der Waals surface area contributed by atoms with Crippen molar-refractivity contribution in [3.63, 3.8) is 0 Å². The third kappa shape index (κ3) is 3.90. The molecule has 0 radical (unpaired) electrons. The second-order valence-corrected chi connectivity index (χ2v) is 4.50. The second kappa shape index (κ2) is 6.83. The standard InChI is InChI=1S/C12H18N4O4/c1-8(17)5-6-15(2)12(18)10-7-9(16(19)20)3-4-11(10)14-13/h3-4,7-8,14,17H,5-6,13H2,1-2H3. The van der Waals surface area contributed by atoms with Crippen molar-refractivity contribution in [1.82, 2.24) is 4.90 Å². The van der Waals surface area contributed by atoms with Crippen molar-refractivity contribution in [2.24, 2.45) is 5.84 Å². The number of benzene rings is 1. The SMILES string of the molecule is CC(O)CCN(C)C(=O)c1cc([N+](=O)[O-])ccc1NN. The van der Waals surface area contributed by atoms with Crippen molar-refractivity contribution >= 4 is 17.3 Å². The number of nitrogen functional groups attached to an aromatic ring is 1. The smallest absolute Gasteiger partial charge is 0.270 e. The Morgan fingerprint density at radius 1 is 1.60 bits per heavy atom. The van der Waals surface area contributed by atoms with E-state index in [0.717, 1.165) is 0 Å². The highest BCUT2D eigenvalue weighted by molar-refractivity contribution is 6.00. The van der Waals surface area contributed by atoms with Gasteiger partial charge in [-0.3, -0.25) is 20.8 Å². The number of amides is 1. The molecule has 0 aliphatic heterocycles. The Balaban J connectivity index is 3.00. The van der Waals surface area contributed by atoms with E-state index in [1.165, 1.54) is 23.1 Å². The van der Waals surface area contributed by atoms with E-state index in [2.05, 4.69) is 5.43 Å². The number of hydrazine groups is 1. The predicted octanol–water partition coefficient (Wildman–Crippen LogP) is 0.723. The van der Waals surface area contributed by atoms with Gasteiger partial charge in [0.1, 0.15) is 0 Å². The number of nitrogens with one attached hydrogen (secondary N) is 1. The van der Waals surface area contributed by atoms with Crippen LogP contribution in [0.15, 0.2) is 18.2 Å². The van der Waals surface area contributed by atoms with Gasteiger partial charge in [0.25, 0.3) is 11.6 Å². The Bertz CT molecular complexity index is 504. The van der Waals surface area contributed by atoms with Gasteiger partial charge in [0.2, 0.25) is 0 Å². The summed E-state index contributed by atoms with van der Waals surface area (Å²) in [5.41, 5.74) is 2.59. The van der Waals surface area contributed by atoms with Crippen LogP contribution in [0.1, 0.15) is 23.7 Å². The molecule has 0 spiro atoms. The topological polar surface area (TPSA) is 122 Å². The minimum absolute atomic E-state index is 0.120. The van der Waals surface area contributed by atoms with Crippen molar-refractivity contribution in [2.45, 2.75) is 19.4 Å². The number of nitrogens with two attached hydrogens (primary N) is 1. The van der Waals surface area contributed by atoms with E-state index in [4.69, 9.17) is 5.84 Å². The number of nitrogens with zero attached hydrogens (tertiary/aromatic N) is 2. The van der Waals surface area contributed by atoms with Gasteiger partial charge in [-0.2, -0.15) is 0 Å². The maximum absolute atomic E-state index is 12.2. The molecule has 0 saturated carbocycles. The van der Waals surface area contributed by atoms with Gasteiger partial charge in [-0.25, -0.2) is 0 Å². The van der Waals surface area contributed by atoms with Crippen LogP contribution in [-0.2, 0) is 0 Å². The highest BCUT2D eigenvalue weighted by Crippen LogP contribution is 2.22. The largest absolute Gasteiger partial charge is 0.393 e. The fourth-order valence-electron chi connectivity index (χ4n) is 1.64. The average molecular weight is 282 g/mol. The summed E-state index contributed by atoms with van der Waals surface area (Å²) in [7, 11) is 1.56. The molecule has 4 N–H and O–H groups in total. The molecule has 0 bridgehead atoms. The van der Waals surface area contributed by atoms with E-state index in [1.807, 2.05) is 0 Å². The first kappa shape index (κ1) is 15.9. The van der Waals surface area contributed by atoms with Crippen molar-refractivity contribution in [3.8, 4) is 0 Å². The average Bonchev–Trinajstić information content (AvgIpc) is 2.42.